The van der Waals surface area contributed by atoms with E-state index in [1.54, 1.807) is 0 Å². The first kappa shape index (κ1) is 21.3. The molecule has 1 spiro atoms. The number of rotatable bonds is 2. The highest BCUT2D eigenvalue weighted by Gasteiger charge is 2.44. The molecule has 0 amide bonds. The van der Waals surface area contributed by atoms with Crippen LogP contribution in [-0.4, -0.2) is 44.4 Å². The summed E-state index contributed by atoms with van der Waals surface area (Å²) in [5.74, 6) is 1.56. The highest BCUT2D eigenvalue weighted by atomic mass is 15.3. The molecular formula is C27H27N9. The zero-order valence-corrected chi connectivity index (χ0v) is 20.0. The summed E-state index contributed by atoms with van der Waals surface area (Å²) in [6.45, 7) is 1.68. The number of fused-ring (bicyclic) bond motifs is 3. The lowest BCUT2D eigenvalue weighted by atomic mass is 9.74. The number of benzene rings is 1. The molecule has 0 bridgehead atoms. The Morgan fingerprint density at radius 1 is 1.14 bits per heavy atom. The normalized spacial score (nSPS) is 23.1. The molecule has 9 heteroatoms. The zero-order valence-electron chi connectivity index (χ0n) is 20.0. The van der Waals surface area contributed by atoms with E-state index in [0.717, 1.165) is 85.7 Å². The van der Waals surface area contributed by atoms with Gasteiger partial charge >= 0.3 is 0 Å². The van der Waals surface area contributed by atoms with Gasteiger partial charge in [-0.2, -0.15) is 10.4 Å². The predicted octanol–water partition coefficient (Wildman–Crippen LogP) is 3.37. The Morgan fingerprint density at radius 3 is 2.97 bits per heavy atom. The Kier molecular flexibility index (Phi) is 4.73. The number of hydrogen-bond acceptors (Lipinski definition) is 8. The number of anilines is 3. The van der Waals surface area contributed by atoms with Gasteiger partial charge in [-0.3, -0.25) is 10.1 Å². The van der Waals surface area contributed by atoms with Crippen LogP contribution in [0.15, 0.2) is 42.7 Å². The van der Waals surface area contributed by atoms with Crippen molar-refractivity contribution < 1.29 is 0 Å². The third-order valence-corrected chi connectivity index (χ3v) is 8.18. The molecule has 5 heterocycles. The Morgan fingerprint density at radius 2 is 2.08 bits per heavy atom. The number of hydrogen-bond donors (Lipinski definition) is 2. The van der Waals surface area contributed by atoms with Gasteiger partial charge in [0.15, 0.2) is 22.8 Å². The number of aryl methyl sites for hydroxylation is 1. The van der Waals surface area contributed by atoms with Gasteiger partial charge < -0.3 is 15.5 Å². The van der Waals surface area contributed by atoms with Crippen LogP contribution in [0.2, 0.25) is 0 Å². The van der Waals surface area contributed by atoms with Crippen molar-refractivity contribution in [2.75, 3.05) is 22.9 Å². The van der Waals surface area contributed by atoms with Crippen LogP contribution in [0.4, 0.5) is 17.3 Å². The number of nitrogens with zero attached hydrogens (tertiary/aromatic N) is 7. The second-order valence-electron chi connectivity index (χ2n) is 10.3. The number of piperidine rings is 1. The summed E-state index contributed by atoms with van der Waals surface area (Å²) in [5, 5.41) is 17.2. The summed E-state index contributed by atoms with van der Waals surface area (Å²) in [6, 6.07) is 12.5. The van der Waals surface area contributed by atoms with Gasteiger partial charge in [0, 0.05) is 19.3 Å². The first-order valence-corrected chi connectivity index (χ1v) is 12.6. The SMILES string of the molecule is N#Cc1cccc2c1CC1(CCN(c3cnc4c(N5CCCc6ncccc65)n[nH]c4n3)[C@@H](N)C1)C2. The van der Waals surface area contributed by atoms with Crippen LogP contribution in [0.1, 0.15) is 41.6 Å². The lowest BCUT2D eigenvalue weighted by molar-refractivity contribution is 0.198. The molecule has 3 N–H and O–H groups in total. The number of H-pyrrole nitrogens is 1. The van der Waals surface area contributed by atoms with Gasteiger partial charge in [0.1, 0.15) is 0 Å². The van der Waals surface area contributed by atoms with Crippen molar-refractivity contribution in [1.82, 2.24) is 25.1 Å². The molecule has 3 aromatic heterocycles. The van der Waals surface area contributed by atoms with Crippen molar-refractivity contribution in [3.05, 3.63) is 65.1 Å². The van der Waals surface area contributed by atoms with Crippen LogP contribution < -0.4 is 15.5 Å². The van der Waals surface area contributed by atoms with Crippen LogP contribution in [0.3, 0.4) is 0 Å². The lowest BCUT2D eigenvalue weighted by Crippen LogP contribution is -2.52. The van der Waals surface area contributed by atoms with E-state index in [-0.39, 0.29) is 11.6 Å². The largest absolute Gasteiger partial charge is 0.340 e. The fourth-order valence-corrected chi connectivity index (χ4v) is 6.46. The minimum atomic E-state index is -0.159. The van der Waals surface area contributed by atoms with Crippen molar-refractivity contribution in [3.63, 3.8) is 0 Å². The molecule has 0 radical (unpaired) electrons. The molecule has 2 atom stereocenters. The summed E-state index contributed by atoms with van der Waals surface area (Å²) >= 11 is 0. The fourth-order valence-electron chi connectivity index (χ4n) is 6.46. The van der Waals surface area contributed by atoms with E-state index in [1.165, 1.54) is 11.1 Å². The van der Waals surface area contributed by atoms with Crippen molar-refractivity contribution in [3.8, 4) is 6.07 Å². The quantitative estimate of drug-likeness (QED) is 0.450. The molecule has 1 saturated heterocycles. The number of pyridine rings is 1. The van der Waals surface area contributed by atoms with Crippen LogP contribution in [0.5, 0.6) is 0 Å². The molecule has 1 aliphatic carbocycles. The minimum Gasteiger partial charge on any atom is -0.340 e. The zero-order chi connectivity index (χ0) is 24.3. The Labute approximate surface area is 209 Å². The topological polar surface area (TPSA) is 124 Å². The van der Waals surface area contributed by atoms with Crippen molar-refractivity contribution in [1.29, 1.82) is 5.26 Å². The Bertz CT molecular complexity index is 1520. The Hall–Kier alpha value is -4.03. The third-order valence-electron chi connectivity index (χ3n) is 8.18. The molecule has 180 valence electrons. The van der Waals surface area contributed by atoms with Crippen LogP contribution in [0, 0.1) is 16.7 Å². The minimum absolute atomic E-state index is 0.111. The number of nitriles is 1. The van der Waals surface area contributed by atoms with Gasteiger partial charge in [-0.05, 0) is 73.3 Å². The molecule has 7 rings (SSSR count). The Balaban J connectivity index is 1.14. The van der Waals surface area contributed by atoms with Gasteiger partial charge in [0.25, 0.3) is 0 Å². The number of nitrogens with one attached hydrogen (secondary N) is 1. The molecule has 36 heavy (non-hydrogen) atoms. The van der Waals surface area contributed by atoms with E-state index >= 15 is 0 Å². The number of nitrogens with two attached hydrogens (primary N) is 1. The van der Waals surface area contributed by atoms with Crippen LogP contribution >= 0.6 is 0 Å². The molecule has 1 fully saturated rings. The first-order valence-electron chi connectivity index (χ1n) is 12.6. The third kappa shape index (κ3) is 3.25. The molecule has 1 unspecified atom stereocenters. The van der Waals surface area contributed by atoms with Gasteiger partial charge in [0.05, 0.1) is 35.4 Å². The molecule has 0 saturated carbocycles. The standard InChI is InChI=1S/C27H27N9/c28-15-18-5-1-4-17-12-27(13-19(17)18)8-11-36(22(29)14-27)23-16-31-24-25(32-23)33-34-26(24)35-10-3-6-20-21(35)7-2-9-30-20/h1-2,4-5,7,9,16,22H,3,6,8,10-14,29H2,(H,32,33,34)/t22-,27?/m1/s1. The molecule has 3 aliphatic rings. The summed E-state index contributed by atoms with van der Waals surface area (Å²) < 4.78 is 0. The molecule has 2 aliphatic heterocycles. The highest BCUT2D eigenvalue weighted by molar-refractivity contribution is 5.87. The van der Waals surface area contributed by atoms with Gasteiger partial charge in [-0.1, -0.05) is 12.1 Å². The summed E-state index contributed by atoms with van der Waals surface area (Å²) in [4.78, 5) is 18.6. The van der Waals surface area contributed by atoms with E-state index < -0.39 is 0 Å². The number of aromatic nitrogens is 5. The average molecular weight is 478 g/mol. The predicted molar refractivity (Wildman–Crippen MR) is 137 cm³/mol. The van der Waals surface area contributed by atoms with E-state index in [9.17, 15) is 5.26 Å². The molecule has 9 nitrogen and oxygen atoms in total. The van der Waals surface area contributed by atoms with Crippen molar-refractivity contribution in [2.45, 2.75) is 44.7 Å². The van der Waals surface area contributed by atoms with E-state index in [1.807, 2.05) is 30.6 Å². The lowest BCUT2D eigenvalue weighted by Gasteiger charge is -2.44. The molecule has 4 aromatic rings. The van der Waals surface area contributed by atoms with E-state index in [4.69, 9.17) is 15.7 Å². The van der Waals surface area contributed by atoms with Crippen molar-refractivity contribution >= 4 is 28.5 Å². The summed E-state index contributed by atoms with van der Waals surface area (Å²) in [6.07, 6.45) is 9.28. The smallest absolute Gasteiger partial charge is 0.183 e. The maximum Gasteiger partial charge on any atom is 0.183 e. The number of aromatic amines is 1. The highest BCUT2D eigenvalue weighted by Crippen LogP contribution is 2.47. The van der Waals surface area contributed by atoms with Crippen LogP contribution in [-0.2, 0) is 19.3 Å². The van der Waals surface area contributed by atoms with Gasteiger partial charge in [0.2, 0.25) is 0 Å². The second-order valence-corrected chi connectivity index (χ2v) is 10.3. The van der Waals surface area contributed by atoms with Gasteiger partial charge in [-0.25, -0.2) is 9.97 Å². The maximum absolute atomic E-state index is 9.54. The fraction of sp³-hybridized carbons (Fsp3) is 0.370. The summed E-state index contributed by atoms with van der Waals surface area (Å²) in [5.41, 5.74) is 13.8. The first-order chi connectivity index (χ1) is 17.6. The van der Waals surface area contributed by atoms with Crippen molar-refractivity contribution in [2.24, 2.45) is 11.1 Å². The molecule has 1 aromatic carbocycles. The monoisotopic (exact) mass is 477 g/mol. The maximum atomic E-state index is 9.54. The molecular weight excluding hydrogens is 450 g/mol. The van der Waals surface area contributed by atoms with E-state index in [2.05, 4.69) is 43.2 Å². The average Bonchev–Trinajstić information content (AvgIpc) is 3.49. The van der Waals surface area contributed by atoms with Gasteiger partial charge in [-0.15, -0.1) is 0 Å². The van der Waals surface area contributed by atoms with Crippen LogP contribution in [0.25, 0.3) is 11.2 Å². The second kappa shape index (κ2) is 8.00. The van der Waals surface area contributed by atoms with E-state index in [0.29, 0.717) is 5.65 Å². The summed E-state index contributed by atoms with van der Waals surface area (Å²) in [7, 11) is 0.